The maximum absolute atomic E-state index is 12.6. The standard InChI is InChI=1S/C23H26N6O3/c30-23(29-13-11-28(12-14-29)15-17-7-9-24-10-8-17)25-19-3-5-20(6-4-19)31-16-21-26-22(32-27-21)18-1-2-18/h3-10,18H,1-2,11-16H2,(H,25,30). The molecule has 0 unspecified atom stereocenters. The number of piperazine rings is 1. The fourth-order valence-corrected chi connectivity index (χ4v) is 3.66. The van der Waals surface area contributed by atoms with Gasteiger partial charge in [0.1, 0.15) is 5.75 Å². The zero-order valence-electron chi connectivity index (χ0n) is 17.8. The van der Waals surface area contributed by atoms with E-state index in [9.17, 15) is 4.79 Å². The number of anilines is 1. The molecule has 0 spiro atoms. The lowest BCUT2D eigenvalue weighted by Gasteiger charge is -2.34. The molecule has 1 aliphatic carbocycles. The Kier molecular flexibility index (Phi) is 5.98. The van der Waals surface area contributed by atoms with Crippen molar-refractivity contribution in [1.29, 1.82) is 0 Å². The van der Waals surface area contributed by atoms with Crippen molar-refractivity contribution in [2.24, 2.45) is 0 Å². The van der Waals surface area contributed by atoms with Gasteiger partial charge in [-0.1, -0.05) is 5.16 Å². The summed E-state index contributed by atoms with van der Waals surface area (Å²) in [5.74, 6) is 2.38. The lowest BCUT2D eigenvalue weighted by molar-refractivity contribution is 0.143. The van der Waals surface area contributed by atoms with E-state index in [-0.39, 0.29) is 12.6 Å². The van der Waals surface area contributed by atoms with Gasteiger partial charge < -0.3 is 19.5 Å². The zero-order chi connectivity index (χ0) is 21.8. The number of hydrogen-bond acceptors (Lipinski definition) is 7. The number of benzene rings is 1. The summed E-state index contributed by atoms with van der Waals surface area (Å²) in [6, 6.07) is 11.3. The molecular formula is C23H26N6O3. The number of nitrogens with zero attached hydrogens (tertiary/aromatic N) is 5. The summed E-state index contributed by atoms with van der Waals surface area (Å²) >= 11 is 0. The number of ether oxygens (including phenoxy) is 1. The molecule has 5 rings (SSSR count). The van der Waals surface area contributed by atoms with Crippen LogP contribution < -0.4 is 10.1 Å². The van der Waals surface area contributed by atoms with Gasteiger partial charge >= 0.3 is 6.03 Å². The van der Waals surface area contributed by atoms with Crippen LogP contribution in [-0.2, 0) is 13.2 Å². The molecule has 1 aromatic carbocycles. The minimum absolute atomic E-state index is 0.0818. The van der Waals surface area contributed by atoms with Crippen LogP contribution in [0.15, 0.2) is 53.3 Å². The Labute approximate surface area is 186 Å². The van der Waals surface area contributed by atoms with Crippen molar-refractivity contribution in [2.45, 2.75) is 31.9 Å². The molecule has 9 nitrogen and oxygen atoms in total. The Hall–Kier alpha value is -3.46. The zero-order valence-corrected chi connectivity index (χ0v) is 17.8. The first-order valence-electron chi connectivity index (χ1n) is 11.0. The van der Waals surface area contributed by atoms with E-state index in [2.05, 4.69) is 25.3 Å². The molecule has 3 aromatic rings. The molecule has 1 N–H and O–H groups in total. The van der Waals surface area contributed by atoms with Crippen LogP contribution in [0.4, 0.5) is 10.5 Å². The van der Waals surface area contributed by atoms with Crippen LogP contribution >= 0.6 is 0 Å². The van der Waals surface area contributed by atoms with Crippen molar-refractivity contribution in [1.82, 2.24) is 24.9 Å². The molecule has 2 aromatic heterocycles. The summed E-state index contributed by atoms with van der Waals surface area (Å²) in [5, 5.41) is 6.91. The lowest BCUT2D eigenvalue weighted by Crippen LogP contribution is -2.49. The molecule has 166 valence electrons. The summed E-state index contributed by atoms with van der Waals surface area (Å²) in [6.45, 7) is 4.23. The largest absolute Gasteiger partial charge is 0.485 e. The number of amides is 2. The van der Waals surface area contributed by atoms with Crippen molar-refractivity contribution >= 4 is 11.7 Å². The average Bonchev–Trinajstić information content (AvgIpc) is 3.57. The SMILES string of the molecule is O=C(Nc1ccc(OCc2noc(C3CC3)n2)cc1)N1CCN(Cc2ccncc2)CC1. The van der Waals surface area contributed by atoms with E-state index in [1.807, 2.05) is 53.7 Å². The Morgan fingerprint density at radius 2 is 1.81 bits per heavy atom. The summed E-state index contributed by atoms with van der Waals surface area (Å²) < 4.78 is 11.0. The van der Waals surface area contributed by atoms with Crippen LogP contribution in [-0.4, -0.2) is 57.1 Å². The van der Waals surface area contributed by atoms with Gasteiger partial charge in [0, 0.05) is 56.7 Å². The molecule has 2 fully saturated rings. The highest BCUT2D eigenvalue weighted by atomic mass is 16.5. The topological polar surface area (TPSA) is 96.6 Å². The minimum atomic E-state index is -0.0818. The first kappa shape index (κ1) is 20.4. The normalized spacial score (nSPS) is 16.7. The number of carbonyl (C=O) groups excluding carboxylic acids is 1. The van der Waals surface area contributed by atoms with Gasteiger partial charge in [0.2, 0.25) is 11.7 Å². The molecule has 1 saturated heterocycles. The van der Waals surface area contributed by atoms with Crippen molar-refractivity contribution < 1.29 is 14.1 Å². The van der Waals surface area contributed by atoms with Gasteiger partial charge in [-0.3, -0.25) is 9.88 Å². The Balaban J connectivity index is 1.06. The van der Waals surface area contributed by atoms with Crippen LogP contribution in [0.25, 0.3) is 0 Å². The van der Waals surface area contributed by atoms with Crippen molar-refractivity contribution in [3.8, 4) is 5.75 Å². The number of nitrogens with one attached hydrogen (secondary N) is 1. The first-order valence-corrected chi connectivity index (χ1v) is 11.0. The number of carbonyl (C=O) groups is 1. The van der Waals surface area contributed by atoms with E-state index in [0.29, 0.717) is 36.5 Å². The van der Waals surface area contributed by atoms with Crippen molar-refractivity contribution in [3.63, 3.8) is 0 Å². The molecule has 1 saturated carbocycles. The van der Waals surface area contributed by atoms with E-state index in [1.54, 1.807) is 0 Å². The van der Waals surface area contributed by atoms with Crippen molar-refractivity contribution in [2.75, 3.05) is 31.5 Å². The second-order valence-electron chi connectivity index (χ2n) is 8.18. The van der Waals surface area contributed by atoms with Crippen LogP contribution in [0.3, 0.4) is 0 Å². The fourth-order valence-electron chi connectivity index (χ4n) is 3.66. The quantitative estimate of drug-likeness (QED) is 0.610. The van der Waals surface area contributed by atoms with E-state index < -0.39 is 0 Å². The second-order valence-corrected chi connectivity index (χ2v) is 8.18. The molecular weight excluding hydrogens is 408 g/mol. The van der Waals surface area contributed by atoms with Crippen LogP contribution in [0.1, 0.15) is 36.0 Å². The molecule has 9 heteroatoms. The molecule has 0 atom stereocenters. The third-order valence-corrected chi connectivity index (χ3v) is 5.70. The van der Waals surface area contributed by atoms with Gasteiger partial charge in [0.25, 0.3) is 0 Å². The van der Waals surface area contributed by atoms with Gasteiger partial charge in [0.05, 0.1) is 0 Å². The second kappa shape index (κ2) is 9.35. The van der Waals surface area contributed by atoms with Gasteiger partial charge in [-0.25, -0.2) is 4.79 Å². The molecule has 2 amide bonds. The summed E-state index contributed by atoms with van der Waals surface area (Å²) in [6.07, 6.45) is 5.87. The highest BCUT2D eigenvalue weighted by Crippen LogP contribution is 2.38. The Morgan fingerprint density at radius 3 is 2.53 bits per heavy atom. The van der Waals surface area contributed by atoms with Gasteiger partial charge in [0.15, 0.2) is 6.61 Å². The number of pyridine rings is 1. The van der Waals surface area contributed by atoms with Gasteiger partial charge in [-0.15, -0.1) is 0 Å². The predicted octanol–water partition coefficient (Wildman–Crippen LogP) is 3.27. The average molecular weight is 435 g/mol. The number of aromatic nitrogens is 3. The van der Waals surface area contributed by atoms with E-state index in [0.717, 1.165) is 38.2 Å². The summed E-state index contributed by atoms with van der Waals surface area (Å²) in [5.41, 5.74) is 1.97. The highest BCUT2D eigenvalue weighted by Gasteiger charge is 2.29. The van der Waals surface area contributed by atoms with E-state index in [1.165, 1.54) is 5.56 Å². The number of hydrogen-bond donors (Lipinski definition) is 1. The lowest BCUT2D eigenvalue weighted by atomic mass is 10.2. The van der Waals surface area contributed by atoms with Crippen molar-refractivity contribution in [3.05, 3.63) is 66.1 Å². The Morgan fingerprint density at radius 1 is 1.06 bits per heavy atom. The van der Waals surface area contributed by atoms with E-state index >= 15 is 0 Å². The molecule has 2 aliphatic rings. The smallest absolute Gasteiger partial charge is 0.321 e. The maximum Gasteiger partial charge on any atom is 0.321 e. The van der Waals surface area contributed by atoms with Crippen LogP contribution in [0.5, 0.6) is 5.75 Å². The summed E-state index contributed by atoms with van der Waals surface area (Å²) in [4.78, 5) is 25.2. The monoisotopic (exact) mass is 434 g/mol. The van der Waals surface area contributed by atoms with E-state index in [4.69, 9.17) is 9.26 Å². The first-order chi connectivity index (χ1) is 15.7. The van der Waals surface area contributed by atoms with Crippen LogP contribution in [0.2, 0.25) is 0 Å². The number of urea groups is 1. The maximum atomic E-state index is 12.6. The highest BCUT2D eigenvalue weighted by molar-refractivity contribution is 5.89. The fraction of sp³-hybridized carbons (Fsp3) is 0.391. The minimum Gasteiger partial charge on any atom is -0.485 e. The predicted molar refractivity (Wildman–Crippen MR) is 117 cm³/mol. The van der Waals surface area contributed by atoms with Crippen LogP contribution in [0, 0.1) is 0 Å². The third-order valence-electron chi connectivity index (χ3n) is 5.70. The summed E-state index contributed by atoms with van der Waals surface area (Å²) in [7, 11) is 0. The molecule has 0 radical (unpaired) electrons. The molecule has 32 heavy (non-hydrogen) atoms. The Bertz CT molecular complexity index is 1030. The molecule has 0 bridgehead atoms. The van der Waals surface area contributed by atoms with Gasteiger partial charge in [-0.2, -0.15) is 4.98 Å². The molecule has 3 heterocycles. The third kappa shape index (κ3) is 5.23. The molecule has 1 aliphatic heterocycles. The number of rotatable bonds is 7. The van der Waals surface area contributed by atoms with Gasteiger partial charge in [-0.05, 0) is 54.8 Å².